The Bertz CT molecular complexity index is 352. The van der Waals surface area contributed by atoms with Crippen LogP contribution in [0.25, 0.3) is 0 Å². The van der Waals surface area contributed by atoms with Crippen LogP contribution < -0.4 is 5.73 Å². The van der Waals surface area contributed by atoms with E-state index >= 15 is 0 Å². The summed E-state index contributed by atoms with van der Waals surface area (Å²) in [5, 5.41) is 0. The van der Waals surface area contributed by atoms with Crippen molar-refractivity contribution in [2.24, 2.45) is 5.73 Å². The van der Waals surface area contributed by atoms with Gasteiger partial charge in [-0.05, 0) is 40.5 Å². The van der Waals surface area contributed by atoms with Crippen molar-refractivity contribution in [2.45, 2.75) is 6.92 Å². The van der Waals surface area contributed by atoms with Crippen LogP contribution in [0.2, 0.25) is 0 Å². The molecule has 0 atom stereocenters. The van der Waals surface area contributed by atoms with E-state index < -0.39 is 0 Å². The summed E-state index contributed by atoms with van der Waals surface area (Å²) in [5.41, 5.74) is 6.28. The number of nitrogens with two attached hydrogens (primary N) is 1. The van der Waals surface area contributed by atoms with Crippen LogP contribution in [0, 0.1) is 12.7 Å². The monoisotopic (exact) mass is 245 g/mol. The van der Waals surface area contributed by atoms with Gasteiger partial charge in [0, 0.05) is 5.56 Å². The van der Waals surface area contributed by atoms with Crippen molar-refractivity contribution in [3.8, 4) is 0 Å². The second-order valence-electron chi connectivity index (χ2n) is 2.71. The van der Waals surface area contributed by atoms with E-state index in [1.165, 1.54) is 12.1 Å². The SMILES string of the molecule is Cc1cc(F)c(Br)cc1C(=O)CN. The Balaban J connectivity index is 3.23. The highest BCUT2D eigenvalue weighted by molar-refractivity contribution is 9.10. The Kier molecular flexibility index (Phi) is 3.17. The third-order valence-electron chi connectivity index (χ3n) is 1.75. The molecule has 0 aliphatic rings. The normalized spacial score (nSPS) is 10.2. The molecule has 0 bridgehead atoms. The smallest absolute Gasteiger partial charge is 0.176 e. The van der Waals surface area contributed by atoms with E-state index in [1.807, 2.05) is 0 Å². The van der Waals surface area contributed by atoms with E-state index in [0.717, 1.165) is 0 Å². The quantitative estimate of drug-likeness (QED) is 0.811. The van der Waals surface area contributed by atoms with Gasteiger partial charge in [0.2, 0.25) is 0 Å². The molecule has 1 rings (SSSR count). The second kappa shape index (κ2) is 3.98. The third-order valence-corrected chi connectivity index (χ3v) is 2.36. The summed E-state index contributed by atoms with van der Waals surface area (Å²) in [4.78, 5) is 11.2. The van der Waals surface area contributed by atoms with Crippen molar-refractivity contribution in [3.63, 3.8) is 0 Å². The van der Waals surface area contributed by atoms with Gasteiger partial charge in [0.15, 0.2) is 5.78 Å². The molecule has 0 radical (unpaired) electrons. The van der Waals surface area contributed by atoms with Crippen molar-refractivity contribution in [3.05, 3.63) is 33.5 Å². The third kappa shape index (κ3) is 2.14. The largest absolute Gasteiger partial charge is 0.324 e. The van der Waals surface area contributed by atoms with Crippen molar-refractivity contribution in [1.29, 1.82) is 0 Å². The van der Waals surface area contributed by atoms with Gasteiger partial charge >= 0.3 is 0 Å². The lowest BCUT2D eigenvalue weighted by molar-refractivity contribution is 0.100. The summed E-state index contributed by atoms with van der Waals surface area (Å²) in [6, 6.07) is 2.77. The number of hydrogen-bond donors (Lipinski definition) is 1. The molecule has 0 saturated carbocycles. The Morgan fingerprint density at radius 3 is 2.77 bits per heavy atom. The van der Waals surface area contributed by atoms with Gasteiger partial charge in [-0.2, -0.15) is 0 Å². The van der Waals surface area contributed by atoms with Crippen molar-refractivity contribution < 1.29 is 9.18 Å². The van der Waals surface area contributed by atoms with Crippen LogP contribution in [0.3, 0.4) is 0 Å². The molecule has 0 aliphatic heterocycles. The fraction of sp³-hybridized carbons (Fsp3) is 0.222. The summed E-state index contributed by atoms with van der Waals surface area (Å²) in [5.74, 6) is -0.552. The second-order valence-corrected chi connectivity index (χ2v) is 3.56. The lowest BCUT2D eigenvalue weighted by atomic mass is 10.0. The Labute approximate surface area is 84.1 Å². The molecule has 13 heavy (non-hydrogen) atoms. The van der Waals surface area contributed by atoms with E-state index in [1.54, 1.807) is 6.92 Å². The first-order valence-corrected chi connectivity index (χ1v) is 4.54. The molecule has 0 aliphatic carbocycles. The van der Waals surface area contributed by atoms with E-state index in [2.05, 4.69) is 15.9 Å². The molecule has 0 amide bonds. The van der Waals surface area contributed by atoms with Crippen LogP contribution in [-0.2, 0) is 0 Å². The first-order chi connectivity index (χ1) is 6.06. The van der Waals surface area contributed by atoms with Crippen molar-refractivity contribution >= 4 is 21.7 Å². The van der Waals surface area contributed by atoms with Crippen molar-refractivity contribution in [2.75, 3.05) is 6.54 Å². The van der Waals surface area contributed by atoms with Crippen molar-refractivity contribution in [1.82, 2.24) is 0 Å². The summed E-state index contributed by atoms with van der Waals surface area (Å²) >= 11 is 3.01. The number of benzene rings is 1. The van der Waals surface area contributed by atoms with Gasteiger partial charge < -0.3 is 5.73 Å². The lowest BCUT2D eigenvalue weighted by Crippen LogP contribution is -2.15. The van der Waals surface area contributed by atoms with E-state index in [9.17, 15) is 9.18 Å². The van der Waals surface area contributed by atoms with Crippen LogP contribution in [0.4, 0.5) is 4.39 Å². The Morgan fingerprint density at radius 1 is 1.62 bits per heavy atom. The molecule has 0 saturated heterocycles. The maximum Gasteiger partial charge on any atom is 0.176 e. The highest BCUT2D eigenvalue weighted by Crippen LogP contribution is 2.20. The number of Topliss-reactive ketones (excluding diaryl/α,β-unsaturated/α-hetero) is 1. The average Bonchev–Trinajstić information content (AvgIpc) is 2.10. The van der Waals surface area contributed by atoms with Gasteiger partial charge in [0.1, 0.15) is 5.82 Å². The molecule has 0 spiro atoms. The van der Waals surface area contributed by atoms with Crippen LogP contribution in [0.15, 0.2) is 16.6 Å². The Hall–Kier alpha value is -0.740. The molecule has 0 unspecified atom stereocenters. The molecule has 2 nitrogen and oxygen atoms in total. The van der Waals surface area contributed by atoms with Gasteiger partial charge in [-0.3, -0.25) is 4.79 Å². The minimum absolute atomic E-state index is 0.0566. The Morgan fingerprint density at radius 2 is 2.23 bits per heavy atom. The van der Waals surface area contributed by atoms with Crippen LogP contribution in [-0.4, -0.2) is 12.3 Å². The maximum atomic E-state index is 12.9. The van der Waals surface area contributed by atoms with Gasteiger partial charge in [-0.1, -0.05) is 0 Å². The molecule has 1 aromatic rings. The number of aryl methyl sites for hydroxylation is 1. The summed E-state index contributed by atoms with van der Waals surface area (Å²) in [7, 11) is 0. The number of hydrogen-bond acceptors (Lipinski definition) is 2. The van der Waals surface area contributed by atoms with Crippen LogP contribution in [0.1, 0.15) is 15.9 Å². The summed E-state index contributed by atoms with van der Waals surface area (Å²) in [6.07, 6.45) is 0. The first-order valence-electron chi connectivity index (χ1n) is 3.75. The van der Waals surface area contributed by atoms with Gasteiger partial charge in [0.25, 0.3) is 0 Å². The summed E-state index contributed by atoms with van der Waals surface area (Å²) in [6.45, 7) is 1.62. The zero-order chi connectivity index (χ0) is 10.0. The first kappa shape index (κ1) is 10.3. The predicted octanol–water partition coefficient (Wildman–Crippen LogP) is 2.04. The highest BCUT2D eigenvalue weighted by Gasteiger charge is 2.10. The lowest BCUT2D eigenvalue weighted by Gasteiger charge is -2.04. The number of rotatable bonds is 2. The molecule has 2 N–H and O–H groups in total. The van der Waals surface area contributed by atoms with E-state index in [4.69, 9.17) is 5.73 Å². The zero-order valence-corrected chi connectivity index (χ0v) is 8.69. The number of carbonyl (C=O) groups excluding carboxylic acids is 1. The average molecular weight is 246 g/mol. The molecular weight excluding hydrogens is 237 g/mol. The molecule has 0 fully saturated rings. The molecule has 4 heteroatoms. The summed E-state index contributed by atoms with van der Waals surface area (Å²) < 4.78 is 13.2. The van der Waals surface area contributed by atoms with E-state index in [-0.39, 0.29) is 22.6 Å². The molecule has 0 aromatic heterocycles. The van der Waals surface area contributed by atoms with Gasteiger partial charge in [0.05, 0.1) is 11.0 Å². The fourth-order valence-electron chi connectivity index (χ4n) is 1.06. The zero-order valence-electron chi connectivity index (χ0n) is 7.10. The number of halogens is 2. The molecule has 1 aromatic carbocycles. The van der Waals surface area contributed by atoms with E-state index in [0.29, 0.717) is 11.1 Å². The highest BCUT2D eigenvalue weighted by atomic mass is 79.9. The maximum absolute atomic E-state index is 12.9. The number of ketones is 1. The molecule has 0 heterocycles. The standard InChI is InChI=1S/C9H9BrFNO/c1-5-2-8(11)7(10)3-6(5)9(13)4-12/h2-3H,4,12H2,1H3. The van der Waals surface area contributed by atoms with Crippen LogP contribution >= 0.6 is 15.9 Å². The minimum Gasteiger partial charge on any atom is -0.324 e. The minimum atomic E-state index is -0.369. The molecular formula is C9H9BrFNO. The number of carbonyl (C=O) groups is 1. The van der Waals surface area contributed by atoms with Gasteiger partial charge in [-0.15, -0.1) is 0 Å². The van der Waals surface area contributed by atoms with Gasteiger partial charge in [-0.25, -0.2) is 4.39 Å². The molecule has 70 valence electrons. The topological polar surface area (TPSA) is 43.1 Å². The predicted molar refractivity (Wildman–Crippen MR) is 52.2 cm³/mol. The fourth-order valence-corrected chi connectivity index (χ4v) is 1.40. The van der Waals surface area contributed by atoms with Crippen LogP contribution in [0.5, 0.6) is 0 Å².